The Morgan fingerprint density at radius 2 is 2.05 bits per heavy atom. The second kappa shape index (κ2) is 4.23. The number of aryl methyl sites for hydroxylation is 1. The standard InChI is InChI=1S/C17H15N3/c1-11-15(14-4-2-3-5-16(14)20-11)9-12-8-13-6-7-18-17(13)19-10-12/h2-8,10,20H,9H2,1H3,(H,18,19). The molecule has 0 atom stereocenters. The number of hydrogen-bond donors (Lipinski definition) is 2. The van der Waals surface area contributed by atoms with Crippen molar-refractivity contribution < 1.29 is 0 Å². The van der Waals surface area contributed by atoms with Gasteiger partial charge < -0.3 is 9.97 Å². The lowest BCUT2D eigenvalue weighted by Gasteiger charge is -2.02. The second-order valence-electron chi connectivity index (χ2n) is 5.21. The lowest BCUT2D eigenvalue weighted by molar-refractivity contribution is 1.13. The van der Waals surface area contributed by atoms with Gasteiger partial charge in [0.2, 0.25) is 0 Å². The van der Waals surface area contributed by atoms with Gasteiger partial charge in [0.15, 0.2) is 0 Å². The summed E-state index contributed by atoms with van der Waals surface area (Å²) in [6.07, 6.45) is 4.79. The lowest BCUT2D eigenvalue weighted by Crippen LogP contribution is -1.91. The Hall–Kier alpha value is -2.55. The maximum atomic E-state index is 4.47. The third-order valence-electron chi connectivity index (χ3n) is 3.86. The number of nitrogens with one attached hydrogen (secondary N) is 2. The van der Waals surface area contributed by atoms with Gasteiger partial charge in [-0.15, -0.1) is 0 Å². The van der Waals surface area contributed by atoms with Crippen LogP contribution in [0.15, 0.2) is 48.8 Å². The number of pyridine rings is 1. The highest BCUT2D eigenvalue weighted by Crippen LogP contribution is 2.25. The fourth-order valence-electron chi connectivity index (χ4n) is 2.85. The van der Waals surface area contributed by atoms with Gasteiger partial charge in [0.05, 0.1) is 0 Å². The van der Waals surface area contributed by atoms with E-state index in [0.717, 1.165) is 12.1 Å². The van der Waals surface area contributed by atoms with Crippen molar-refractivity contribution in [3.8, 4) is 0 Å². The number of hydrogen-bond acceptors (Lipinski definition) is 1. The second-order valence-corrected chi connectivity index (χ2v) is 5.21. The molecule has 0 aliphatic rings. The van der Waals surface area contributed by atoms with Crippen LogP contribution in [0.4, 0.5) is 0 Å². The number of rotatable bonds is 2. The van der Waals surface area contributed by atoms with E-state index in [1.807, 2.05) is 12.4 Å². The fourth-order valence-corrected chi connectivity index (χ4v) is 2.85. The Bertz CT molecular complexity index is 899. The van der Waals surface area contributed by atoms with Crippen molar-refractivity contribution >= 4 is 21.9 Å². The van der Waals surface area contributed by atoms with Crippen molar-refractivity contribution in [1.82, 2.24) is 15.0 Å². The van der Waals surface area contributed by atoms with Crippen molar-refractivity contribution in [2.45, 2.75) is 13.3 Å². The van der Waals surface area contributed by atoms with E-state index in [2.05, 4.69) is 58.3 Å². The van der Waals surface area contributed by atoms with Gasteiger partial charge in [-0.2, -0.15) is 0 Å². The highest BCUT2D eigenvalue weighted by atomic mass is 14.8. The van der Waals surface area contributed by atoms with E-state index in [-0.39, 0.29) is 0 Å². The van der Waals surface area contributed by atoms with Crippen LogP contribution in [0.2, 0.25) is 0 Å². The molecule has 0 fully saturated rings. The number of aromatic nitrogens is 3. The lowest BCUT2D eigenvalue weighted by atomic mass is 10.0. The summed E-state index contributed by atoms with van der Waals surface area (Å²) in [4.78, 5) is 11.0. The zero-order valence-electron chi connectivity index (χ0n) is 11.3. The minimum absolute atomic E-state index is 0.907. The summed E-state index contributed by atoms with van der Waals surface area (Å²) in [6.45, 7) is 2.14. The first-order valence-corrected chi connectivity index (χ1v) is 6.79. The third kappa shape index (κ3) is 1.71. The van der Waals surface area contributed by atoms with Crippen LogP contribution in [-0.4, -0.2) is 15.0 Å². The van der Waals surface area contributed by atoms with Gasteiger partial charge in [0.1, 0.15) is 5.65 Å². The molecule has 4 aromatic rings. The number of nitrogens with zero attached hydrogens (tertiary/aromatic N) is 1. The molecule has 2 N–H and O–H groups in total. The highest BCUT2D eigenvalue weighted by molar-refractivity contribution is 5.85. The molecular weight excluding hydrogens is 246 g/mol. The zero-order valence-corrected chi connectivity index (χ0v) is 11.3. The quantitative estimate of drug-likeness (QED) is 0.564. The predicted molar refractivity (Wildman–Crippen MR) is 81.9 cm³/mol. The van der Waals surface area contributed by atoms with Crippen LogP contribution < -0.4 is 0 Å². The summed E-state index contributed by atoms with van der Waals surface area (Å²) in [6, 6.07) is 12.7. The van der Waals surface area contributed by atoms with E-state index in [9.17, 15) is 0 Å². The maximum absolute atomic E-state index is 4.47. The average molecular weight is 261 g/mol. The van der Waals surface area contributed by atoms with Crippen LogP contribution in [0.25, 0.3) is 21.9 Å². The predicted octanol–water partition coefficient (Wildman–Crippen LogP) is 3.94. The molecule has 0 aliphatic carbocycles. The number of H-pyrrole nitrogens is 2. The number of aromatic amines is 2. The molecule has 98 valence electrons. The molecule has 0 unspecified atom stereocenters. The minimum atomic E-state index is 0.907. The molecular formula is C17H15N3. The van der Waals surface area contributed by atoms with Crippen LogP contribution >= 0.6 is 0 Å². The number of para-hydroxylation sites is 1. The fraction of sp³-hybridized carbons (Fsp3) is 0.118. The summed E-state index contributed by atoms with van der Waals surface area (Å²) < 4.78 is 0. The summed E-state index contributed by atoms with van der Waals surface area (Å²) in [7, 11) is 0. The molecule has 3 heteroatoms. The third-order valence-corrected chi connectivity index (χ3v) is 3.86. The average Bonchev–Trinajstić information content (AvgIpc) is 3.04. The molecule has 0 radical (unpaired) electrons. The molecule has 3 nitrogen and oxygen atoms in total. The molecule has 0 spiro atoms. The summed E-state index contributed by atoms with van der Waals surface area (Å²) in [5, 5.41) is 2.47. The Kier molecular flexibility index (Phi) is 2.39. The van der Waals surface area contributed by atoms with Crippen LogP contribution in [0.1, 0.15) is 16.8 Å². The van der Waals surface area contributed by atoms with Crippen molar-refractivity contribution in [3.63, 3.8) is 0 Å². The summed E-state index contributed by atoms with van der Waals surface area (Å²) >= 11 is 0. The van der Waals surface area contributed by atoms with Crippen LogP contribution in [0, 0.1) is 6.92 Å². The van der Waals surface area contributed by atoms with Gasteiger partial charge in [-0.25, -0.2) is 4.98 Å². The number of fused-ring (bicyclic) bond motifs is 2. The van der Waals surface area contributed by atoms with Crippen molar-refractivity contribution in [1.29, 1.82) is 0 Å². The smallest absolute Gasteiger partial charge is 0.137 e. The molecule has 4 rings (SSSR count). The molecule has 0 saturated heterocycles. The van der Waals surface area contributed by atoms with E-state index < -0.39 is 0 Å². The van der Waals surface area contributed by atoms with E-state index in [4.69, 9.17) is 0 Å². The van der Waals surface area contributed by atoms with E-state index in [1.165, 1.54) is 33.1 Å². The summed E-state index contributed by atoms with van der Waals surface area (Å²) in [5.74, 6) is 0. The highest BCUT2D eigenvalue weighted by Gasteiger charge is 2.09. The Balaban J connectivity index is 1.81. The van der Waals surface area contributed by atoms with Crippen molar-refractivity contribution in [2.24, 2.45) is 0 Å². The summed E-state index contributed by atoms with van der Waals surface area (Å²) in [5.41, 5.74) is 5.99. The molecule has 0 amide bonds. The topological polar surface area (TPSA) is 44.5 Å². The Morgan fingerprint density at radius 1 is 1.15 bits per heavy atom. The van der Waals surface area contributed by atoms with Gasteiger partial charge in [0.25, 0.3) is 0 Å². The van der Waals surface area contributed by atoms with Gasteiger partial charge >= 0.3 is 0 Å². The van der Waals surface area contributed by atoms with Gasteiger partial charge in [-0.05, 0) is 36.2 Å². The van der Waals surface area contributed by atoms with Crippen LogP contribution in [0.3, 0.4) is 0 Å². The first-order chi connectivity index (χ1) is 9.81. The van der Waals surface area contributed by atoms with Crippen molar-refractivity contribution in [2.75, 3.05) is 0 Å². The Morgan fingerprint density at radius 3 is 3.00 bits per heavy atom. The molecule has 0 bridgehead atoms. The van der Waals surface area contributed by atoms with Crippen LogP contribution in [-0.2, 0) is 6.42 Å². The number of benzene rings is 1. The van der Waals surface area contributed by atoms with Gasteiger partial charge in [-0.1, -0.05) is 18.2 Å². The molecule has 0 saturated carbocycles. The largest absolute Gasteiger partial charge is 0.358 e. The normalized spacial score (nSPS) is 11.4. The van der Waals surface area contributed by atoms with E-state index in [0.29, 0.717) is 0 Å². The molecule has 1 aromatic carbocycles. The molecule has 3 aromatic heterocycles. The van der Waals surface area contributed by atoms with E-state index in [1.54, 1.807) is 0 Å². The Labute approximate surface area is 116 Å². The first-order valence-electron chi connectivity index (χ1n) is 6.79. The van der Waals surface area contributed by atoms with Gasteiger partial charge in [0, 0.05) is 40.8 Å². The minimum Gasteiger partial charge on any atom is -0.358 e. The molecule has 3 heterocycles. The molecule has 0 aliphatic heterocycles. The van der Waals surface area contributed by atoms with E-state index >= 15 is 0 Å². The van der Waals surface area contributed by atoms with Crippen LogP contribution in [0.5, 0.6) is 0 Å². The maximum Gasteiger partial charge on any atom is 0.137 e. The monoisotopic (exact) mass is 261 g/mol. The SMILES string of the molecule is Cc1[nH]c2ccccc2c1Cc1cnc2[nH]ccc2c1. The van der Waals surface area contributed by atoms with Gasteiger partial charge in [-0.3, -0.25) is 0 Å². The molecule has 20 heavy (non-hydrogen) atoms. The first kappa shape index (κ1) is 11.3. The zero-order chi connectivity index (χ0) is 13.5. The van der Waals surface area contributed by atoms with Crippen molar-refractivity contribution in [3.05, 3.63) is 65.6 Å².